The van der Waals surface area contributed by atoms with Crippen LogP contribution in [0.25, 0.3) is 0 Å². The van der Waals surface area contributed by atoms with Gasteiger partial charge in [0, 0.05) is 18.6 Å². The van der Waals surface area contributed by atoms with Gasteiger partial charge in [0.1, 0.15) is 30.5 Å². The van der Waals surface area contributed by atoms with Crippen LogP contribution in [0, 0.1) is 5.92 Å². The largest absolute Gasteiger partial charge is 0.396 e. The minimum absolute atomic E-state index is 0.177. The summed E-state index contributed by atoms with van der Waals surface area (Å²) in [5, 5.41) is 67.9. The molecule has 10 atom stereocenters. The lowest BCUT2D eigenvalue weighted by molar-refractivity contribution is -0.328. The Labute approximate surface area is 132 Å². The molecule has 0 spiro atoms. The predicted octanol–water partition coefficient (Wildman–Crippen LogP) is -4.77. The maximum atomic E-state index is 10.1. The Hall–Kier alpha value is -0.400. The molecule has 0 aromatic heterocycles. The molecule has 9 N–H and O–H groups in total. The average molecular weight is 339 g/mol. The molecule has 1 saturated heterocycles. The van der Waals surface area contributed by atoms with E-state index in [4.69, 9.17) is 20.3 Å². The third-order valence-electron chi connectivity index (χ3n) is 4.54. The van der Waals surface area contributed by atoms with E-state index >= 15 is 0 Å². The highest BCUT2D eigenvalue weighted by Crippen LogP contribution is 2.31. The molecule has 2 aliphatic rings. The highest BCUT2D eigenvalue weighted by atomic mass is 16.7. The summed E-state index contributed by atoms with van der Waals surface area (Å²) in [7, 11) is 0. The van der Waals surface area contributed by atoms with E-state index in [9.17, 15) is 30.6 Å². The molecule has 0 bridgehead atoms. The molecule has 10 heteroatoms. The third kappa shape index (κ3) is 3.66. The Morgan fingerprint density at radius 3 is 2.09 bits per heavy atom. The molecule has 10 nitrogen and oxygen atoms in total. The summed E-state index contributed by atoms with van der Waals surface area (Å²) in [5.41, 5.74) is 5.68. The van der Waals surface area contributed by atoms with Gasteiger partial charge in [-0.2, -0.15) is 0 Å². The zero-order chi connectivity index (χ0) is 17.3. The van der Waals surface area contributed by atoms with E-state index < -0.39 is 67.6 Å². The van der Waals surface area contributed by atoms with Crippen LogP contribution in [0.3, 0.4) is 0 Å². The Morgan fingerprint density at radius 2 is 1.52 bits per heavy atom. The van der Waals surface area contributed by atoms with Crippen LogP contribution in [-0.2, 0) is 9.47 Å². The molecule has 1 aliphatic carbocycles. The fourth-order valence-corrected chi connectivity index (χ4v) is 3.05. The molecule has 0 aromatic carbocycles. The van der Waals surface area contributed by atoms with Crippen molar-refractivity contribution < 1.29 is 45.2 Å². The van der Waals surface area contributed by atoms with Crippen molar-refractivity contribution >= 4 is 0 Å². The molecular formula is C13H25NO9. The molecule has 136 valence electrons. The van der Waals surface area contributed by atoms with Crippen LogP contribution in [0.2, 0.25) is 0 Å². The van der Waals surface area contributed by atoms with Crippen LogP contribution < -0.4 is 5.73 Å². The van der Waals surface area contributed by atoms with Crippen molar-refractivity contribution in [1.82, 2.24) is 0 Å². The first-order chi connectivity index (χ1) is 10.8. The van der Waals surface area contributed by atoms with Gasteiger partial charge in [0.25, 0.3) is 0 Å². The Balaban J connectivity index is 2.11. The quantitative estimate of drug-likeness (QED) is 0.247. The molecule has 2 fully saturated rings. The molecule has 3 unspecified atom stereocenters. The fourth-order valence-electron chi connectivity index (χ4n) is 3.05. The van der Waals surface area contributed by atoms with Crippen molar-refractivity contribution in [3.63, 3.8) is 0 Å². The summed E-state index contributed by atoms with van der Waals surface area (Å²) in [6.45, 7) is -0.992. The molecule has 1 heterocycles. The van der Waals surface area contributed by atoms with Crippen molar-refractivity contribution in [2.24, 2.45) is 11.7 Å². The first kappa shape index (κ1) is 18.9. The second-order valence-corrected chi connectivity index (χ2v) is 6.12. The van der Waals surface area contributed by atoms with Gasteiger partial charge in [-0.05, 0) is 6.42 Å². The standard InChI is InChI=1S/C13H25NO9/c14-5-1-4(2-15)12(10(20)7(5)17)23-13-11(21)9(19)8(18)6(3-16)22-13/h4-13,15-21H,1-3,14H2/t4?,5-,6?,7+,8-,9?,10+,11+,12+,13-/m0/s1. The molecule has 1 aliphatic heterocycles. The average Bonchev–Trinajstić information content (AvgIpc) is 2.55. The maximum absolute atomic E-state index is 10.1. The SMILES string of the molecule is N[C@H]1CC(CO)[C@@H](O[C@@H]2OC(CO)[C@H](O)C(O)[C@H]2O)[C@H](O)[C@@H]1O. The van der Waals surface area contributed by atoms with E-state index in [1.807, 2.05) is 0 Å². The summed E-state index contributed by atoms with van der Waals surface area (Å²) in [5.74, 6) is -0.615. The third-order valence-corrected chi connectivity index (χ3v) is 4.54. The van der Waals surface area contributed by atoms with Crippen molar-refractivity contribution in [2.45, 2.75) is 61.5 Å². The zero-order valence-electron chi connectivity index (χ0n) is 12.4. The van der Waals surface area contributed by atoms with Crippen LogP contribution >= 0.6 is 0 Å². The minimum atomic E-state index is -1.63. The Kier molecular flexibility index (Phi) is 6.30. The second-order valence-electron chi connectivity index (χ2n) is 6.12. The van der Waals surface area contributed by atoms with E-state index in [1.165, 1.54) is 0 Å². The van der Waals surface area contributed by atoms with E-state index in [1.54, 1.807) is 0 Å². The fraction of sp³-hybridized carbons (Fsp3) is 1.00. The number of hydrogen-bond acceptors (Lipinski definition) is 10. The van der Waals surface area contributed by atoms with E-state index in [2.05, 4.69) is 0 Å². The highest BCUT2D eigenvalue weighted by Gasteiger charge is 2.49. The monoisotopic (exact) mass is 339 g/mol. The van der Waals surface area contributed by atoms with Gasteiger partial charge in [-0.15, -0.1) is 0 Å². The molecule has 23 heavy (non-hydrogen) atoms. The van der Waals surface area contributed by atoms with Gasteiger partial charge in [-0.3, -0.25) is 0 Å². The Morgan fingerprint density at radius 1 is 0.870 bits per heavy atom. The van der Waals surface area contributed by atoms with Crippen LogP contribution in [0.4, 0.5) is 0 Å². The van der Waals surface area contributed by atoms with E-state index in [-0.39, 0.29) is 13.0 Å². The maximum Gasteiger partial charge on any atom is 0.187 e. The summed E-state index contributed by atoms with van der Waals surface area (Å²) >= 11 is 0. The van der Waals surface area contributed by atoms with Crippen LogP contribution in [0.5, 0.6) is 0 Å². The lowest BCUT2D eigenvalue weighted by Crippen LogP contribution is -2.63. The summed E-state index contributed by atoms with van der Waals surface area (Å²) in [6.07, 6.45) is -11.0. The molecule has 1 saturated carbocycles. The molecule has 0 amide bonds. The lowest BCUT2D eigenvalue weighted by Gasteiger charge is -2.45. The normalized spacial score (nSPS) is 51.7. The number of aliphatic hydroxyl groups is 7. The summed E-state index contributed by atoms with van der Waals surface area (Å²) in [6, 6.07) is -0.739. The van der Waals surface area contributed by atoms with Gasteiger partial charge in [-0.25, -0.2) is 0 Å². The number of rotatable bonds is 4. The van der Waals surface area contributed by atoms with Crippen molar-refractivity contribution in [3.05, 3.63) is 0 Å². The first-order valence-corrected chi connectivity index (χ1v) is 7.50. The van der Waals surface area contributed by atoms with Gasteiger partial charge < -0.3 is 51.0 Å². The first-order valence-electron chi connectivity index (χ1n) is 7.50. The smallest absolute Gasteiger partial charge is 0.187 e. The molecular weight excluding hydrogens is 314 g/mol. The van der Waals surface area contributed by atoms with Gasteiger partial charge in [0.05, 0.1) is 18.8 Å². The van der Waals surface area contributed by atoms with E-state index in [0.29, 0.717) is 0 Å². The van der Waals surface area contributed by atoms with Gasteiger partial charge in [-0.1, -0.05) is 0 Å². The predicted molar refractivity (Wildman–Crippen MR) is 73.8 cm³/mol. The summed E-state index contributed by atoms with van der Waals surface area (Å²) < 4.78 is 10.6. The minimum Gasteiger partial charge on any atom is -0.396 e. The zero-order valence-corrected chi connectivity index (χ0v) is 12.4. The second kappa shape index (κ2) is 7.66. The van der Waals surface area contributed by atoms with Crippen LogP contribution in [-0.4, -0.2) is 104 Å². The van der Waals surface area contributed by atoms with Gasteiger partial charge in [0.15, 0.2) is 6.29 Å². The van der Waals surface area contributed by atoms with E-state index in [0.717, 1.165) is 0 Å². The number of nitrogens with two attached hydrogens (primary N) is 1. The lowest BCUT2D eigenvalue weighted by atomic mass is 9.80. The van der Waals surface area contributed by atoms with Crippen molar-refractivity contribution in [2.75, 3.05) is 13.2 Å². The van der Waals surface area contributed by atoms with Crippen LogP contribution in [0.15, 0.2) is 0 Å². The van der Waals surface area contributed by atoms with Gasteiger partial charge in [0.2, 0.25) is 0 Å². The van der Waals surface area contributed by atoms with Crippen molar-refractivity contribution in [3.8, 4) is 0 Å². The van der Waals surface area contributed by atoms with Crippen molar-refractivity contribution in [1.29, 1.82) is 0 Å². The topological polar surface area (TPSA) is 186 Å². The number of hydrogen-bond donors (Lipinski definition) is 8. The van der Waals surface area contributed by atoms with Crippen LogP contribution in [0.1, 0.15) is 6.42 Å². The van der Waals surface area contributed by atoms with Gasteiger partial charge >= 0.3 is 0 Å². The number of ether oxygens (including phenoxy) is 2. The Bertz CT molecular complexity index is 382. The molecule has 2 rings (SSSR count). The molecule has 0 aromatic rings. The summed E-state index contributed by atoms with van der Waals surface area (Å²) in [4.78, 5) is 0. The highest BCUT2D eigenvalue weighted by molar-refractivity contribution is 4.97. The molecule has 0 radical (unpaired) electrons. The number of aliphatic hydroxyl groups excluding tert-OH is 7.